The monoisotopic (exact) mass is 415 g/mol. The third-order valence-corrected chi connectivity index (χ3v) is 4.59. The molecule has 0 aromatic heterocycles. The third kappa shape index (κ3) is 4.32. The second-order valence-electron chi connectivity index (χ2n) is 4.61. The minimum atomic E-state index is 0.271. The summed E-state index contributed by atoms with van der Waals surface area (Å²) in [6.07, 6.45) is 0.946. The van der Waals surface area contributed by atoms with Crippen LogP contribution >= 0.6 is 43.5 Å². The van der Waals surface area contributed by atoms with E-state index in [1.807, 2.05) is 12.1 Å². The summed E-state index contributed by atoms with van der Waals surface area (Å²) in [5.74, 6) is 0. The number of benzene rings is 2. The summed E-state index contributed by atoms with van der Waals surface area (Å²) in [6, 6.07) is 14.7. The van der Waals surface area contributed by atoms with Gasteiger partial charge in [0.15, 0.2) is 0 Å². The van der Waals surface area contributed by atoms with Crippen molar-refractivity contribution in [3.05, 3.63) is 67.6 Å². The first-order valence-corrected chi connectivity index (χ1v) is 8.49. The van der Waals surface area contributed by atoms with Crippen molar-refractivity contribution < 1.29 is 0 Å². The van der Waals surface area contributed by atoms with Crippen LogP contribution in [0, 0.1) is 0 Å². The van der Waals surface area contributed by atoms with E-state index in [1.165, 1.54) is 11.1 Å². The van der Waals surface area contributed by atoms with Crippen LogP contribution in [0.2, 0.25) is 5.02 Å². The molecule has 0 saturated carbocycles. The largest absolute Gasteiger partial charge is 0.310 e. The van der Waals surface area contributed by atoms with E-state index in [9.17, 15) is 0 Å². The van der Waals surface area contributed by atoms with Crippen LogP contribution in [0.15, 0.2) is 51.4 Å². The quantitative estimate of drug-likeness (QED) is 0.652. The fourth-order valence-corrected chi connectivity index (χ4v) is 3.40. The van der Waals surface area contributed by atoms with Crippen molar-refractivity contribution in [1.29, 1.82) is 0 Å². The summed E-state index contributed by atoms with van der Waals surface area (Å²) < 4.78 is 2.15. The first kappa shape index (κ1) is 16.0. The molecule has 0 aliphatic carbocycles. The minimum absolute atomic E-state index is 0.271. The molecular weight excluding hydrogens is 401 g/mol. The Bertz CT molecular complexity index is 569. The fraction of sp³-hybridized carbons (Fsp3) is 0.250. The highest BCUT2D eigenvalue weighted by Crippen LogP contribution is 2.29. The van der Waals surface area contributed by atoms with Crippen LogP contribution in [0.25, 0.3) is 0 Å². The molecule has 0 spiro atoms. The van der Waals surface area contributed by atoms with Crippen molar-refractivity contribution in [1.82, 2.24) is 5.32 Å². The molecule has 0 aliphatic heterocycles. The van der Waals surface area contributed by atoms with Crippen LogP contribution in [-0.2, 0) is 6.42 Å². The topological polar surface area (TPSA) is 12.0 Å². The van der Waals surface area contributed by atoms with Gasteiger partial charge in [-0.25, -0.2) is 0 Å². The van der Waals surface area contributed by atoms with Crippen molar-refractivity contribution in [3.8, 4) is 0 Å². The molecule has 2 rings (SSSR count). The van der Waals surface area contributed by atoms with Gasteiger partial charge in [-0.15, -0.1) is 0 Å². The van der Waals surface area contributed by atoms with E-state index < -0.39 is 0 Å². The van der Waals surface area contributed by atoms with Crippen molar-refractivity contribution in [2.45, 2.75) is 19.4 Å². The van der Waals surface area contributed by atoms with Gasteiger partial charge in [-0.1, -0.05) is 68.6 Å². The zero-order valence-electron chi connectivity index (χ0n) is 11.2. The molecule has 0 fully saturated rings. The summed E-state index contributed by atoms with van der Waals surface area (Å²) in [4.78, 5) is 0. The smallest absolute Gasteiger partial charge is 0.0417 e. The normalized spacial score (nSPS) is 12.4. The van der Waals surface area contributed by atoms with Gasteiger partial charge in [-0.2, -0.15) is 0 Å². The Morgan fingerprint density at radius 2 is 1.80 bits per heavy atom. The molecule has 20 heavy (non-hydrogen) atoms. The fourth-order valence-electron chi connectivity index (χ4n) is 2.18. The van der Waals surface area contributed by atoms with Gasteiger partial charge in [0.2, 0.25) is 0 Å². The van der Waals surface area contributed by atoms with E-state index in [2.05, 4.69) is 74.4 Å². The number of hydrogen-bond donors (Lipinski definition) is 1. The number of nitrogens with one attached hydrogen (secondary N) is 1. The van der Waals surface area contributed by atoms with Crippen molar-refractivity contribution >= 4 is 43.5 Å². The van der Waals surface area contributed by atoms with Crippen molar-refractivity contribution in [2.24, 2.45) is 0 Å². The van der Waals surface area contributed by atoms with E-state index in [1.54, 1.807) is 0 Å². The molecule has 0 heterocycles. The average Bonchev–Trinajstić information content (AvgIpc) is 2.41. The van der Waals surface area contributed by atoms with Gasteiger partial charge < -0.3 is 5.32 Å². The van der Waals surface area contributed by atoms with Gasteiger partial charge in [-0.05, 0) is 48.4 Å². The maximum atomic E-state index is 6.02. The first-order chi connectivity index (χ1) is 9.60. The van der Waals surface area contributed by atoms with E-state index >= 15 is 0 Å². The number of likely N-dealkylation sites (N-methyl/N-ethyl adjacent to an activating group) is 1. The summed E-state index contributed by atoms with van der Waals surface area (Å²) in [5, 5.41) is 4.29. The molecule has 106 valence electrons. The predicted molar refractivity (Wildman–Crippen MR) is 93.4 cm³/mol. The molecule has 0 saturated heterocycles. The van der Waals surface area contributed by atoms with E-state index in [0.29, 0.717) is 0 Å². The summed E-state index contributed by atoms with van der Waals surface area (Å²) in [5.41, 5.74) is 2.54. The van der Waals surface area contributed by atoms with Crippen LogP contribution in [-0.4, -0.2) is 6.54 Å². The van der Waals surface area contributed by atoms with Crippen LogP contribution < -0.4 is 5.32 Å². The van der Waals surface area contributed by atoms with Crippen LogP contribution in [0.3, 0.4) is 0 Å². The Balaban J connectivity index is 2.24. The lowest BCUT2D eigenvalue weighted by atomic mass is 9.99. The molecule has 4 heteroatoms. The van der Waals surface area contributed by atoms with Gasteiger partial charge in [0, 0.05) is 20.0 Å². The molecule has 1 unspecified atom stereocenters. The van der Waals surface area contributed by atoms with E-state index in [0.717, 1.165) is 26.9 Å². The molecule has 0 aliphatic rings. The molecule has 1 N–H and O–H groups in total. The zero-order valence-corrected chi connectivity index (χ0v) is 15.1. The van der Waals surface area contributed by atoms with Gasteiger partial charge >= 0.3 is 0 Å². The molecule has 1 atom stereocenters. The highest BCUT2D eigenvalue weighted by Gasteiger charge is 2.14. The maximum absolute atomic E-state index is 6.02. The van der Waals surface area contributed by atoms with Crippen LogP contribution in [0.5, 0.6) is 0 Å². The van der Waals surface area contributed by atoms with Gasteiger partial charge in [-0.3, -0.25) is 0 Å². The minimum Gasteiger partial charge on any atom is -0.310 e. The number of hydrogen-bond acceptors (Lipinski definition) is 1. The second-order valence-corrected chi connectivity index (χ2v) is 6.81. The Hall–Kier alpha value is -0.350. The Kier molecular flexibility index (Phi) is 6.09. The molecule has 0 bridgehead atoms. The SMILES string of the molecule is CCNC(Cc1ccc(Br)cc1)c1ccc(Cl)cc1Br. The number of halogens is 3. The Morgan fingerprint density at radius 3 is 2.40 bits per heavy atom. The van der Waals surface area contributed by atoms with Gasteiger partial charge in [0.1, 0.15) is 0 Å². The highest BCUT2D eigenvalue weighted by atomic mass is 79.9. The van der Waals surface area contributed by atoms with E-state index in [-0.39, 0.29) is 6.04 Å². The third-order valence-electron chi connectivity index (χ3n) is 3.14. The van der Waals surface area contributed by atoms with Gasteiger partial charge in [0.05, 0.1) is 0 Å². The Labute approximate surface area is 142 Å². The molecule has 0 amide bonds. The standard InChI is InChI=1S/C16H16Br2ClN/c1-2-20-16(9-11-3-5-12(17)6-4-11)14-8-7-13(19)10-15(14)18/h3-8,10,16,20H,2,9H2,1H3. The maximum Gasteiger partial charge on any atom is 0.0417 e. The zero-order chi connectivity index (χ0) is 14.5. The lowest BCUT2D eigenvalue weighted by molar-refractivity contribution is 0.548. The summed E-state index contributed by atoms with van der Waals surface area (Å²) in [7, 11) is 0. The predicted octanol–water partition coefficient (Wildman–Crippen LogP) is 5.76. The first-order valence-electron chi connectivity index (χ1n) is 6.53. The summed E-state index contributed by atoms with van der Waals surface area (Å²) in [6.45, 7) is 3.05. The molecule has 2 aromatic rings. The lowest BCUT2D eigenvalue weighted by Crippen LogP contribution is -2.23. The molecule has 1 nitrogen and oxygen atoms in total. The molecule has 2 aromatic carbocycles. The van der Waals surface area contributed by atoms with E-state index in [4.69, 9.17) is 11.6 Å². The lowest BCUT2D eigenvalue weighted by Gasteiger charge is -2.20. The molecule has 0 radical (unpaired) electrons. The summed E-state index contributed by atoms with van der Waals surface area (Å²) >= 11 is 13.1. The van der Waals surface area contributed by atoms with Crippen LogP contribution in [0.4, 0.5) is 0 Å². The highest BCUT2D eigenvalue weighted by molar-refractivity contribution is 9.10. The Morgan fingerprint density at radius 1 is 1.10 bits per heavy atom. The second kappa shape index (κ2) is 7.60. The van der Waals surface area contributed by atoms with Crippen LogP contribution in [0.1, 0.15) is 24.1 Å². The van der Waals surface area contributed by atoms with Crippen molar-refractivity contribution in [2.75, 3.05) is 6.54 Å². The number of rotatable bonds is 5. The van der Waals surface area contributed by atoms with Gasteiger partial charge in [0.25, 0.3) is 0 Å². The molecular formula is C16H16Br2ClN. The average molecular weight is 418 g/mol. The van der Waals surface area contributed by atoms with Crippen molar-refractivity contribution in [3.63, 3.8) is 0 Å².